The first kappa shape index (κ1) is 54.5. The molecule has 12 N–H and O–H groups in total. The molecule has 0 bridgehead atoms. The number of primary amides is 2. The van der Waals surface area contributed by atoms with Crippen LogP contribution in [0.25, 0.3) is 0 Å². The first-order chi connectivity index (χ1) is 30.1. The number of amides is 6. The van der Waals surface area contributed by atoms with Gasteiger partial charge in [0.05, 0.1) is 0 Å². The molecule has 2 saturated heterocycles. The Kier molecular flexibility index (Phi) is 19.5. The number of aromatic amines is 2. The third-order valence-electron chi connectivity index (χ3n) is 7.62. The van der Waals surface area contributed by atoms with Crippen LogP contribution in [0, 0.1) is 0 Å². The number of oxime groups is 2. The number of nitrogens with one attached hydrogen (secondary N) is 4. The minimum absolute atomic E-state index is 0. The molecule has 2 aliphatic heterocycles. The summed E-state index contributed by atoms with van der Waals surface area (Å²) in [6.07, 6.45) is -2.57. The zero-order valence-electron chi connectivity index (χ0n) is 33.1. The van der Waals surface area contributed by atoms with E-state index in [4.69, 9.17) is 32.6 Å². The maximum absolute atomic E-state index is 12.8. The number of nitrogens with two attached hydrogens (primary N) is 4. The molecule has 4 atom stereocenters. The molecule has 6 rings (SSSR count). The van der Waals surface area contributed by atoms with Crippen molar-refractivity contribution in [2.45, 2.75) is 37.4 Å². The maximum Gasteiger partial charge on any atom is 1.00 e. The molecule has 6 heterocycles. The number of β-lactam (4-membered cyclic amide) rings is 2. The molecule has 36 nitrogen and oxygen atoms in total. The molecule has 2 aliphatic rings. The number of anilines is 2. The molecule has 0 spiro atoms. The van der Waals surface area contributed by atoms with E-state index in [0.29, 0.717) is 0 Å². The second kappa shape index (κ2) is 23.6. The van der Waals surface area contributed by atoms with Gasteiger partial charge in [-0.25, -0.2) is 45.0 Å². The molecule has 0 aromatic carbocycles. The zero-order valence-corrected chi connectivity index (χ0v) is 40.4. The Bertz CT molecular complexity index is 2490. The SMILES string of the molecule is NC(=O)OC[C@@H]1[C@H](NC(=O)/C(=N\OCc2nn[nH]n2)c2csc(N)n2)C(=O)N1S(=O)(=O)[O-].NC(=O)OC[C@@H]1[C@H](NC(=O)/C(=N\OCc2nn[nH]n2)c2csc(N)n2)C(=O)N1S(=O)(=O)[O-].[Na+].[Na+]. The third-order valence-corrected chi connectivity index (χ3v) is 10.8. The van der Waals surface area contributed by atoms with E-state index in [1.54, 1.807) is 0 Å². The number of carbonyl (C=O) groups is 6. The van der Waals surface area contributed by atoms with Crippen LogP contribution in [0.15, 0.2) is 21.1 Å². The summed E-state index contributed by atoms with van der Waals surface area (Å²) in [7, 11) is -10.5. The van der Waals surface area contributed by atoms with E-state index >= 15 is 0 Å². The van der Waals surface area contributed by atoms with Gasteiger partial charge in [0.2, 0.25) is 11.6 Å². The molecule has 4 aromatic rings. The molecule has 0 radical (unpaired) electrons. The van der Waals surface area contributed by atoms with Gasteiger partial charge in [0.1, 0.15) is 48.8 Å². The van der Waals surface area contributed by atoms with Gasteiger partial charge in [0.25, 0.3) is 23.6 Å². The van der Waals surface area contributed by atoms with Crippen molar-refractivity contribution in [3.8, 4) is 0 Å². The average Bonchev–Trinajstić information content (AvgIpc) is 4.05. The Morgan fingerprint density at radius 1 is 0.712 bits per heavy atom. The summed E-state index contributed by atoms with van der Waals surface area (Å²) in [6, 6.07) is -6.15. The Morgan fingerprint density at radius 3 is 1.35 bits per heavy atom. The molecular formula is C24H26N20Na2O16S4. The van der Waals surface area contributed by atoms with Gasteiger partial charge < -0.3 is 61.8 Å². The molecule has 0 saturated carbocycles. The Hall–Kier alpha value is -5.82. The van der Waals surface area contributed by atoms with Gasteiger partial charge in [-0.05, 0) is 0 Å². The van der Waals surface area contributed by atoms with Crippen LogP contribution >= 0.6 is 22.7 Å². The van der Waals surface area contributed by atoms with Crippen LogP contribution in [0.4, 0.5) is 19.9 Å². The van der Waals surface area contributed by atoms with Crippen LogP contribution in [-0.4, -0.2) is 170 Å². The van der Waals surface area contributed by atoms with Crippen molar-refractivity contribution in [1.82, 2.24) is 70.5 Å². The Labute approximate surface area is 418 Å². The van der Waals surface area contributed by atoms with Gasteiger partial charge in [0, 0.05) is 10.8 Å². The molecule has 66 heavy (non-hydrogen) atoms. The largest absolute Gasteiger partial charge is 1.00 e. The van der Waals surface area contributed by atoms with Crippen molar-refractivity contribution in [1.29, 1.82) is 0 Å². The van der Waals surface area contributed by atoms with Crippen LogP contribution in [0.2, 0.25) is 0 Å². The fraction of sp³-hybridized carbons (Fsp3) is 0.333. The Morgan fingerprint density at radius 2 is 1.08 bits per heavy atom. The van der Waals surface area contributed by atoms with Crippen LogP contribution in [-0.2, 0) is 72.1 Å². The Balaban J connectivity index is 0.000000340. The number of aromatic nitrogens is 10. The predicted octanol–water partition coefficient (Wildman–Crippen LogP) is -13.2. The van der Waals surface area contributed by atoms with Crippen molar-refractivity contribution in [2.24, 2.45) is 21.8 Å². The number of rotatable bonds is 18. The number of ether oxygens (including phenoxy) is 2. The van der Waals surface area contributed by atoms with Crippen molar-refractivity contribution in [3.05, 3.63) is 33.8 Å². The summed E-state index contributed by atoms with van der Waals surface area (Å²) < 4.78 is 76.6. The minimum Gasteiger partial charge on any atom is -0.731 e. The quantitative estimate of drug-likeness (QED) is 0.0151. The second-order valence-corrected chi connectivity index (χ2v) is 16.0. The molecule has 344 valence electrons. The molecule has 2 fully saturated rings. The molecule has 0 unspecified atom stereocenters. The molecule has 0 aliphatic carbocycles. The number of carbonyl (C=O) groups excluding carboxylic acids is 6. The van der Waals surface area contributed by atoms with E-state index in [1.165, 1.54) is 10.8 Å². The number of hydrogen-bond acceptors (Lipinski definition) is 30. The van der Waals surface area contributed by atoms with E-state index in [9.17, 15) is 54.7 Å². The summed E-state index contributed by atoms with van der Waals surface area (Å²) in [4.78, 5) is 89.3. The number of tetrazole rings is 2. The monoisotopic (exact) mass is 1020 g/mol. The van der Waals surface area contributed by atoms with Crippen molar-refractivity contribution >= 4 is 101 Å². The van der Waals surface area contributed by atoms with E-state index in [1.807, 2.05) is 0 Å². The van der Waals surface area contributed by atoms with Gasteiger partial charge in [-0.3, -0.25) is 19.2 Å². The summed E-state index contributed by atoms with van der Waals surface area (Å²) in [5.74, 6) is -4.35. The minimum atomic E-state index is -5.24. The second-order valence-electron chi connectivity index (χ2n) is 11.7. The van der Waals surface area contributed by atoms with Crippen LogP contribution in [0.1, 0.15) is 23.0 Å². The predicted molar refractivity (Wildman–Crippen MR) is 200 cm³/mol. The average molecular weight is 1020 g/mol. The van der Waals surface area contributed by atoms with Crippen LogP contribution in [0.3, 0.4) is 0 Å². The van der Waals surface area contributed by atoms with Crippen molar-refractivity contribution in [3.63, 3.8) is 0 Å². The van der Waals surface area contributed by atoms with E-state index in [2.05, 4.69) is 81.6 Å². The van der Waals surface area contributed by atoms with E-state index < -0.39 is 105 Å². The fourth-order valence-electron chi connectivity index (χ4n) is 4.98. The molecule has 42 heteroatoms. The summed E-state index contributed by atoms with van der Waals surface area (Å²) in [6.45, 7) is -2.10. The van der Waals surface area contributed by atoms with Gasteiger partial charge in [0.15, 0.2) is 55.5 Å². The summed E-state index contributed by atoms with van der Waals surface area (Å²) in [5.41, 5.74) is 19.9. The first-order valence-corrected chi connectivity index (χ1v) is 21.0. The first-order valence-electron chi connectivity index (χ1n) is 16.5. The number of thiazole rings is 2. The van der Waals surface area contributed by atoms with E-state index in [-0.39, 0.29) is 114 Å². The van der Waals surface area contributed by atoms with Crippen LogP contribution < -0.4 is 92.7 Å². The number of H-pyrrole nitrogens is 2. The van der Waals surface area contributed by atoms with Gasteiger partial charge in [-0.2, -0.15) is 10.4 Å². The number of hydrogen-bond donors (Lipinski definition) is 8. The van der Waals surface area contributed by atoms with Gasteiger partial charge in [-0.1, -0.05) is 20.7 Å². The number of nitrogens with zero attached hydrogens (tertiary/aromatic N) is 12. The van der Waals surface area contributed by atoms with Gasteiger partial charge in [-0.15, -0.1) is 43.1 Å². The third kappa shape index (κ3) is 14.1. The standard InChI is InChI=1S/2C12H14N10O8S2.2Na/c2*13-11-15-4(3-31-11)7(19-30-2-6-17-20-21-18-6)9(23)16-8-5(1-29-12(14)25)22(10(8)24)32(26,27)28;;/h2*3,5,8H,1-2H2,(H2,13,15)(H2,14,25)(H,16,23)(H,26,27,28)(H,17,18,20,21);;/q;;2*+1/p-2/b2*19-7-;;/t2*5-,8+;;/m11../s1. The summed E-state index contributed by atoms with van der Waals surface area (Å²) >= 11 is 1.96. The smallest absolute Gasteiger partial charge is 0.731 e. The zero-order chi connectivity index (χ0) is 46.9. The van der Waals surface area contributed by atoms with Gasteiger partial charge >= 0.3 is 71.3 Å². The summed E-state index contributed by atoms with van der Waals surface area (Å²) in [5, 5.41) is 40.1. The van der Waals surface area contributed by atoms with Crippen molar-refractivity contribution < 1.29 is 133 Å². The molecule has 4 aromatic heterocycles. The van der Waals surface area contributed by atoms with Crippen molar-refractivity contribution in [2.75, 3.05) is 24.7 Å². The fourth-order valence-corrected chi connectivity index (χ4v) is 7.78. The number of nitrogen functional groups attached to an aromatic ring is 2. The van der Waals surface area contributed by atoms with Crippen LogP contribution in [0.5, 0.6) is 0 Å². The molecule has 6 amide bonds. The maximum atomic E-state index is 12.8. The normalized spacial score (nSPS) is 18.2. The molecular weight excluding hydrogens is 999 g/mol. The topological polar surface area (TPSA) is 548 Å². The van der Waals surface area contributed by atoms with E-state index in [0.717, 1.165) is 22.7 Å².